The molecule has 1 aromatic carbocycles. The molecule has 1 heterocycles. The van der Waals surface area contributed by atoms with Gasteiger partial charge in [0.2, 0.25) is 5.91 Å². The molecule has 0 fully saturated rings. The van der Waals surface area contributed by atoms with Crippen LogP contribution in [0.3, 0.4) is 0 Å². The molecule has 0 spiro atoms. The molecule has 1 aromatic heterocycles. The van der Waals surface area contributed by atoms with Gasteiger partial charge in [0.1, 0.15) is 11.5 Å². The number of ether oxygens (including phenoxy) is 1. The Labute approximate surface area is 122 Å². The number of hydrogen-bond donors (Lipinski definition) is 1. The normalized spacial score (nSPS) is 10.3. The van der Waals surface area contributed by atoms with Gasteiger partial charge < -0.3 is 14.5 Å². The van der Waals surface area contributed by atoms with Crippen LogP contribution in [0.1, 0.15) is 17.7 Å². The fourth-order valence-electron chi connectivity index (χ4n) is 1.77. The van der Waals surface area contributed by atoms with Crippen molar-refractivity contribution in [2.24, 2.45) is 0 Å². The number of rotatable bonds is 6. The highest BCUT2D eigenvalue weighted by Crippen LogP contribution is 2.14. The van der Waals surface area contributed by atoms with E-state index in [-0.39, 0.29) is 5.91 Å². The number of carbonyl (C=O) groups excluding carboxylic acids is 1. The summed E-state index contributed by atoms with van der Waals surface area (Å²) < 4.78 is 10.2. The quantitative estimate of drug-likeness (QED) is 0.890. The number of carbonyl (C=O) groups is 1. The molecule has 0 aliphatic carbocycles. The van der Waals surface area contributed by atoms with Crippen LogP contribution < -0.4 is 10.1 Å². The Morgan fingerprint density at radius 3 is 2.60 bits per heavy atom. The zero-order chi connectivity index (χ0) is 14.4. The summed E-state index contributed by atoms with van der Waals surface area (Å²) in [6.45, 7) is 0.355. The van der Waals surface area contributed by atoms with E-state index in [0.717, 1.165) is 11.3 Å². The first-order valence-corrected chi connectivity index (χ1v) is 6.69. The third-order valence-electron chi connectivity index (χ3n) is 2.89. The number of benzene rings is 1. The van der Waals surface area contributed by atoms with E-state index >= 15 is 0 Å². The average Bonchev–Trinajstić information content (AvgIpc) is 2.89. The lowest BCUT2D eigenvalue weighted by atomic mass is 10.1. The van der Waals surface area contributed by atoms with Crippen molar-refractivity contribution in [3.05, 3.63) is 52.9 Å². The van der Waals surface area contributed by atoms with Gasteiger partial charge in [-0.05, 0) is 47.9 Å². The van der Waals surface area contributed by atoms with Crippen molar-refractivity contribution in [2.45, 2.75) is 19.4 Å². The molecule has 20 heavy (non-hydrogen) atoms. The standard InChI is InChI=1S/C15H16ClNO3/c1-19-12-5-2-11(3-6-12)4-9-15(18)17-10-13-7-8-14(16)20-13/h2-3,5-8H,4,9-10H2,1H3,(H,17,18). The molecule has 0 radical (unpaired) electrons. The topological polar surface area (TPSA) is 51.5 Å². The molecule has 5 heteroatoms. The molecule has 2 aromatic rings. The maximum Gasteiger partial charge on any atom is 0.220 e. The number of nitrogens with one attached hydrogen (secondary N) is 1. The Bertz CT molecular complexity index is 563. The number of aryl methyl sites for hydroxylation is 1. The van der Waals surface area contributed by atoms with Crippen molar-refractivity contribution in [3.8, 4) is 5.75 Å². The molecular formula is C15H16ClNO3. The van der Waals surface area contributed by atoms with E-state index in [0.29, 0.717) is 30.4 Å². The molecule has 0 aliphatic heterocycles. The molecule has 0 aliphatic rings. The van der Waals surface area contributed by atoms with Gasteiger partial charge >= 0.3 is 0 Å². The van der Waals surface area contributed by atoms with Crippen molar-refractivity contribution >= 4 is 17.5 Å². The minimum Gasteiger partial charge on any atom is -0.497 e. The lowest BCUT2D eigenvalue weighted by molar-refractivity contribution is -0.121. The van der Waals surface area contributed by atoms with E-state index in [2.05, 4.69) is 5.32 Å². The smallest absolute Gasteiger partial charge is 0.220 e. The van der Waals surface area contributed by atoms with Crippen LogP contribution in [0.4, 0.5) is 0 Å². The predicted octanol–water partition coefficient (Wildman–Crippen LogP) is 3.19. The molecular weight excluding hydrogens is 278 g/mol. The van der Waals surface area contributed by atoms with E-state index < -0.39 is 0 Å². The van der Waals surface area contributed by atoms with E-state index in [1.807, 2.05) is 24.3 Å². The molecule has 0 bridgehead atoms. The minimum absolute atomic E-state index is 0.0201. The summed E-state index contributed by atoms with van der Waals surface area (Å²) in [6.07, 6.45) is 1.12. The number of amides is 1. The van der Waals surface area contributed by atoms with Crippen LogP contribution in [-0.4, -0.2) is 13.0 Å². The van der Waals surface area contributed by atoms with Crippen molar-refractivity contribution in [1.29, 1.82) is 0 Å². The molecule has 0 atom stereocenters. The van der Waals surface area contributed by atoms with E-state index in [9.17, 15) is 4.79 Å². The number of methoxy groups -OCH3 is 1. The van der Waals surface area contributed by atoms with Crippen LogP contribution in [0.25, 0.3) is 0 Å². The molecule has 2 rings (SSSR count). The van der Waals surface area contributed by atoms with Crippen LogP contribution in [0.2, 0.25) is 5.22 Å². The molecule has 1 N–H and O–H groups in total. The highest BCUT2D eigenvalue weighted by molar-refractivity contribution is 6.28. The first-order chi connectivity index (χ1) is 9.67. The third-order valence-corrected chi connectivity index (χ3v) is 3.09. The highest BCUT2D eigenvalue weighted by atomic mass is 35.5. The van der Waals surface area contributed by atoms with Gasteiger partial charge in [0.05, 0.1) is 13.7 Å². The highest BCUT2D eigenvalue weighted by Gasteiger charge is 2.05. The monoisotopic (exact) mass is 293 g/mol. The molecule has 106 valence electrons. The van der Waals surface area contributed by atoms with Gasteiger partial charge in [-0.1, -0.05) is 12.1 Å². The maximum atomic E-state index is 11.7. The number of hydrogen-bond acceptors (Lipinski definition) is 3. The summed E-state index contributed by atoms with van der Waals surface area (Å²) in [6, 6.07) is 11.1. The fourth-order valence-corrected chi connectivity index (χ4v) is 1.93. The number of halogens is 1. The largest absolute Gasteiger partial charge is 0.497 e. The van der Waals surface area contributed by atoms with Crippen LogP contribution in [0, 0.1) is 0 Å². The molecule has 4 nitrogen and oxygen atoms in total. The van der Waals surface area contributed by atoms with Crippen molar-refractivity contribution in [1.82, 2.24) is 5.32 Å². The minimum atomic E-state index is -0.0201. The molecule has 1 amide bonds. The van der Waals surface area contributed by atoms with Crippen molar-refractivity contribution in [3.63, 3.8) is 0 Å². The van der Waals surface area contributed by atoms with Gasteiger partial charge in [-0.15, -0.1) is 0 Å². The molecule has 0 saturated heterocycles. The lowest BCUT2D eigenvalue weighted by Gasteiger charge is -2.05. The Morgan fingerprint density at radius 1 is 1.25 bits per heavy atom. The van der Waals surface area contributed by atoms with E-state index in [1.54, 1.807) is 19.2 Å². The molecule has 0 unspecified atom stereocenters. The second-order valence-corrected chi connectivity index (χ2v) is 4.70. The van der Waals surface area contributed by atoms with E-state index in [4.69, 9.17) is 20.8 Å². The van der Waals surface area contributed by atoms with Crippen molar-refractivity contribution in [2.75, 3.05) is 7.11 Å². The SMILES string of the molecule is COc1ccc(CCC(=O)NCc2ccc(Cl)o2)cc1. The van der Waals surface area contributed by atoms with E-state index in [1.165, 1.54) is 0 Å². The molecule has 0 saturated carbocycles. The second-order valence-electron chi connectivity index (χ2n) is 4.33. The second kappa shape index (κ2) is 7.01. The fraction of sp³-hybridized carbons (Fsp3) is 0.267. The van der Waals surface area contributed by atoms with Gasteiger partial charge in [-0.2, -0.15) is 0 Å². The van der Waals surface area contributed by atoms with Crippen LogP contribution in [-0.2, 0) is 17.8 Å². The average molecular weight is 294 g/mol. The van der Waals surface area contributed by atoms with Gasteiger partial charge in [0.25, 0.3) is 0 Å². The summed E-state index contributed by atoms with van der Waals surface area (Å²) in [7, 11) is 1.63. The van der Waals surface area contributed by atoms with Crippen LogP contribution in [0.5, 0.6) is 5.75 Å². The van der Waals surface area contributed by atoms with Crippen molar-refractivity contribution < 1.29 is 13.9 Å². The summed E-state index contributed by atoms with van der Waals surface area (Å²) in [5, 5.41) is 3.12. The third kappa shape index (κ3) is 4.31. The maximum absolute atomic E-state index is 11.7. The zero-order valence-electron chi connectivity index (χ0n) is 11.2. The summed E-state index contributed by atoms with van der Waals surface area (Å²) in [5.41, 5.74) is 1.10. The number of furan rings is 1. The van der Waals surface area contributed by atoms with Gasteiger partial charge in [-0.25, -0.2) is 0 Å². The first kappa shape index (κ1) is 14.5. The summed E-state index contributed by atoms with van der Waals surface area (Å²) in [5.74, 6) is 1.44. The summed E-state index contributed by atoms with van der Waals surface area (Å²) in [4.78, 5) is 11.7. The van der Waals surface area contributed by atoms with Crippen LogP contribution >= 0.6 is 11.6 Å². The lowest BCUT2D eigenvalue weighted by Crippen LogP contribution is -2.22. The Kier molecular flexibility index (Phi) is 5.07. The summed E-state index contributed by atoms with van der Waals surface area (Å²) >= 11 is 5.65. The zero-order valence-corrected chi connectivity index (χ0v) is 11.9. The Balaban J connectivity index is 1.74. The van der Waals surface area contributed by atoms with Crippen LogP contribution in [0.15, 0.2) is 40.8 Å². The Morgan fingerprint density at radius 2 is 2.00 bits per heavy atom. The Hall–Kier alpha value is -1.94. The van der Waals surface area contributed by atoms with Gasteiger partial charge in [-0.3, -0.25) is 4.79 Å². The van der Waals surface area contributed by atoms with Gasteiger partial charge in [0, 0.05) is 6.42 Å². The predicted molar refractivity (Wildman–Crippen MR) is 76.9 cm³/mol. The van der Waals surface area contributed by atoms with Gasteiger partial charge in [0.15, 0.2) is 5.22 Å². The first-order valence-electron chi connectivity index (χ1n) is 6.31.